The van der Waals surface area contributed by atoms with E-state index in [1.54, 1.807) is 12.3 Å². The fourth-order valence-corrected chi connectivity index (χ4v) is 3.61. The first-order valence-corrected chi connectivity index (χ1v) is 9.42. The zero-order valence-corrected chi connectivity index (χ0v) is 15.7. The van der Waals surface area contributed by atoms with Crippen LogP contribution < -0.4 is 5.32 Å². The number of carbonyl (C=O) groups is 1. The quantitative estimate of drug-likeness (QED) is 0.751. The van der Waals surface area contributed by atoms with Crippen molar-refractivity contribution in [2.45, 2.75) is 32.7 Å². The topological polar surface area (TPSA) is 71.3 Å². The first-order valence-electron chi connectivity index (χ1n) is 9.42. The number of aryl methyl sites for hydroxylation is 2. The Morgan fingerprint density at radius 3 is 2.59 bits per heavy atom. The molecule has 3 aromatic rings. The lowest BCUT2D eigenvalue weighted by Gasteiger charge is -2.26. The Kier molecular flexibility index (Phi) is 4.90. The number of likely N-dealkylation sites (tertiary alicyclic amines) is 1. The van der Waals surface area contributed by atoms with Crippen molar-refractivity contribution in [3.63, 3.8) is 0 Å². The molecule has 1 aliphatic heterocycles. The second kappa shape index (κ2) is 7.48. The van der Waals surface area contributed by atoms with Gasteiger partial charge in [0.1, 0.15) is 5.76 Å². The summed E-state index contributed by atoms with van der Waals surface area (Å²) in [5.74, 6) is 0.792. The average Bonchev–Trinajstić information content (AvgIpc) is 3.37. The Bertz CT molecular complexity index is 946. The maximum absolute atomic E-state index is 12.7. The van der Waals surface area contributed by atoms with Crippen molar-refractivity contribution in [2.24, 2.45) is 0 Å². The molecule has 4 rings (SSSR count). The molecule has 2 aromatic heterocycles. The summed E-state index contributed by atoms with van der Waals surface area (Å²) < 4.78 is 5.62. The lowest BCUT2D eigenvalue weighted by Crippen LogP contribution is -2.36. The van der Waals surface area contributed by atoms with E-state index in [9.17, 15) is 4.79 Å². The molecule has 0 aliphatic carbocycles. The molecule has 0 spiro atoms. The van der Waals surface area contributed by atoms with Gasteiger partial charge in [0.15, 0.2) is 0 Å². The minimum atomic E-state index is -0.104. The van der Waals surface area contributed by atoms with Crippen molar-refractivity contribution >= 4 is 16.9 Å². The predicted octanol–water partition coefficient (Wildman–Crippen LogP) is 3.41. The zero-order chi connectivity index (χ0) is 18.8. The van der Waals surface area contributed by atoms with Gasteiger partial charge >= 0.3 is 0 Å². The van der Waals surface area contributed by atoms with Crippen molar-refractivity contribution in [3.8, 4) is 0 Å². The molecule has 1 aromatic carbocycles. The molecule has 1 saturated heterocycles. The Hall–Kier alpha value is -2.73. The lowest BCUT2D eigenvalue weighted by molar-refractivity contribution is 0.0934. The Labute approximate surface area is 158 Å². The summed E-state index contributed by atoms with van der Waals surface area (Å²) >= 11 is 0. The molecule has 1 atom stereocenters. The van der Waals surface area contributed by atoms with Gasteiger partial charge in [-0.3, -0.25) is 9.69 Å². The van der Waals surface area contributed by atoms with Gasteiger partial charge in [0.25, 0.3) is 5.91 Å². The molecule has 0 bridgehead atoms. The molecule has 1 amide bonds. The Morgan fingerprint density at radius 1 is 1.15 bits per heavy atom. The molecule has 3 heterocycles. The molecular formula is C21H24N4O2. The van der Waals surface area contributed by atoms with Crippen LogP contribution in [-0.4, -0.2) is 40.4 Å². The lowest BCUT2D eigenvalue weighted by atomic mass is 10.1. The third kappa shape index (κ3) is 3.71. The van der Waals surface area contributed by atoms with Gasteiger partial charge in [-0.25, -0.2) is 9.97 Å². The molecule has 0 radical (unpaired) electrons. The highest BCUT2D eigenvalue weighted by Gasteiger charge is 2.26. The molecular weight excluding hydrogens is 340 g/mol. The van der Waals surface area contributed by atoms with E-state index in [-0.39, 0.29) is 11.9 Å². The van der Waals surface area contributed by atoms with Gasteiger partial charge in [0.05, 0.1) is 34.7 Å². The van der Waals surface area contributed by atoms with Crippen LogP contribution >= 0.6 is 0 Å². The van der Waals surface area contributed by atoms with Crippen LogP contribution in [0.3, 0.4) is 0 Å². The van der Waals surface area contributed by atoms with Crippen LogP contribution in [0.15, 0.2) is 41.0 Å². The molecule has 0 saturated carbocycles. The highest BCUT2D eigenvalue weighted by atomic mass is 16.3. The molecule has 140 valence electrons. The Morgan fingerprint density at radius 2 is 1.89 bits per heavy atom. The summed E-state index contributed by atoms with van der Waals surface area (Å²) in [6.07, 6.45) is 4.06. The smallest absolute Gasteiger partial charge is 0.251 e. The van der Waals surface area contributed by atoms with Crippen LogP contribution in [0.4, 0.5) is 0 Å². The summed E-state index contributed by atoms with van der Waals surface area (Å²) in [6, 6.07) is 9.41. The molecule has 27 heavy (non-hydrogen) atoms. The Balaban J connectivity index is 1.50. The SMILES string of the molecule is Cc1nc2ccc(C(=O)NCC(c3ccco3)N3CCCC3)cc2nc1C. The first-order chi connectivity index (χ1) is 13.1. The highest BCUT2D eigenvalue weighted by Crippen LogP contribution is 2.25. The second-order valence-corrected chi connectivity index (χ2v) is 7.08. The van der Waals surface area contributed by atoms with Gasteiger partial charge < -0.3 is 9.73 Å². The maximum Gasteiger partial charge on any atom is 0.251 e. The third-order valence-corrected chi connectivity index (χ3v) is 5.25. The largest absolute Gasteiger partial charge is 0.468 e. The number of hydrogen-bond acceptors (Lipinski definition) is 5. The molecule has 1 fully saturated rings. The van der Waals surface area contributed by atoms with E-state index < -0.39 is 0 Å². The summed E-state index contributed by atoms with van der Waals surface area (Å²) in [7, 11) is 0. The molecule has 6 heteroatoms. The summed E-state index contributed by atoms with van der Waals surface area (Å²) in [5.41, 5.74) is 3.94. The number of carbonyl (C=O) groups excluding carboxylic acids is 1. The standard InChI is InChI=1S/C21H24N4O2/c1-14-15(2)24-18-12-16(7-8-17(18)23-14)21(26)22-13-19(20-6-5-11-27-20)25-9-3-4-10-25/h5-8,11-12,19H,3-4,9-10,13H2,1-2H3,(H,22,26). The van der Waals surface area contributed by atoms with E-state index in [0.717, 1.165) is 41.3 Å². The van der Waals surface area contributed by atoms with E-state index in [0.29, 0.717) is 12.1 Å². The minimum absolute atomic E-state index is 0.0663. The number of amides is 1. The third-order valence-electron chi connectivity index (χ3n) is 5.25. The molecule has 6 nitrogen and oxygen atoms in total. The second-order valence-electron chi connectivity index (χ2n) is 7.08. The minimum Gasteiger partial charge on any atom is -0.468 e. The van der Waals surface area contributed by atoms with Crippen molar-refractivity contribution in [1.29, 1.82) is 0 Å². The average molecular weight is 364 g/mol. The maximum atomic E-state index is 12.7. The van der Waals surface area contributed by atoms with Gasteiger partial charge in [0, 0.05) is 12.1 Å². The zero-order valence-electron chi connectivity index (χ0n) is 15.7. The number of fused-ring (bicyclic) bond motifs is 1. The molecule has 1 aliphatic rings. The number of nitrogens with one attached hydrogen (secondary N) is 1. The number of nitrogens with zero attached hydrogens (tertiary/aromatic N) is 3. The molecule has 1 N–H and O–H groups in total. The number of rotatable bonds is 5. The van der Waals surface area contributed by atoms with E-state index in [4.69, 9.17) is 4.42 Å². The monoisotopic (exact) mass is 364 g/mol. The van der Waals surface area contributed by atoms with Crippen LogP contribution in [0.25, 0.3) is 11.0 Å². The van der Waals surface area contributed by atoms with Crippen LogP contribution in [0.5, 0.6) is 0 Å². The highest BCUT2D eigenvalue weighted by molar-refractivity contribution is 5.97. The van der Waals surface area contributed by atoms with Gasteiger partial charge in [-0.05, 0) is 70.1 Å². The van der Waals surface area contributed by atoms with Gasteiger partial charge in [-0.15, -0.1) is 0 Å². The van der Waals surface area contributed by atoms with Crippen LogP contribution in [0, 0.1) is 13.8 Å². The van der Waals surface area contributed by atoms with E-state index in [1.807, 2.05) is 38.1 Å². The number of aromatic nitrogens is 2. The first kappa shape index (κ1) is 17.7. The normalized spacial score (nSPS) is 15.9. The fraction of sp³-hybridized carbons (Fsp3) is 0.381. The summed E-state index contributed by atoms with van der Waals surface area (Å²) in [4.78, 5) is 24.2. The van der Waals surface area contributed by atoms with Gasteiger partial charge in [0.2, 0.25) is 0 Å². The number of hydrogen-bond donors (Lipinski definition) is 1. The van der Waals surface area contributed by atoms with Crippen LogP contribution in [0.2, 0.25) is 0 Å². The van der Waals surface area contributed by atoms with Crippen molar-refractivity contribution in [2.75, 3.05) is 19.6 Å². The summed E-state index contributed by atoms with van der Waals surface area (Å²) in [5, 5.41) is 3.07. The van der Waals surface area contributed by atoms with Crippen LogP contribution in [-0.2, 0) is 0 Å². The molecule has 1 unspecified atom stereocenters. The van der Waals surface area contributed by atoms with Gasteiger partial charge in [-0.2, -0.15) is 0 Å². The van der Waals surface area contributed by atoms with Crippen molar-refractivity contribution < 1.29 is 9.21 Å². The van der Waals surface area contributed by atoms with Crippen molar-refractivity contribution in [1.82, 2.24) is 20.2 Å². The predicted molar refractivity (Wildman–Crippen MR) is 104 cm³/mol. The summed E-state index contributed by atoms with van der Waals surface area (Å²) in [6.45, 7) is 6.45. The fourth-order valence-electron chi connectivity index (χ4n) is 3.61. The van der Waals surface area contributed by atoms with Gasteiger partial charge in [-0.1, -0.05) is 0 Å². The van der Waals surface area contributed by atoms with E-state index in [1.165, 1.54) is 12.8 Å². The van der Waals surface area contributed by atoms with E-state index >= 15 is 0 Å². The van der Waals surface area contributed by atoms with Crippen LogP contribution in [0.1, 0.15) is 46.4 Å². The van der Waals surface area contributed by atoms with Crippen molar-refractivity contribution in [3.05, 3.63) is 59.3 Å². The van der Waals surface area contributed by atoms with E-state index in [2.05, 4.69) is 20.2 Å². The number of benzene rings is 1. The number of furan rings is 1.